The summed E-state index contributed by atoms with van der Waals surface area (Å²) in [5.74, 6) is 0.140. The van der Waals surface area contributed by atoms with Crippen molar-refractivity contribution in [1.29, 1.82) is 0 Å². The molecule has 158 valence electrons. The standard InChI is InChI=1S/C24H23N3O4/c1-14-6-5-7-17(10-14)13-27-16(3)23(15(2)26-27)25-24(29)20-12-22(28)31-21-11-18(30-4)8-9-19(20)21/h5-12H,13H2,1-4H3,(H,25,29). The molecule has 2 aromatic carbocycles. The molecule has 1 amide bonds. The zero-order valence-electron chi connectivity index (χ0n) is 17.9. The van der Waals surface area contributed by atoms with Crippen molar-refractivity contribution in [2.75, 3.05) is 12.4 Å². The van der Waals surface area contributed by atoms with E-state index in [9.17, 15) is 9.59 Å². The highest BCUT2D eigenvalue weighted by atomic mass is 16.5. The number of nitrogens with one attached hydrogen (secondary N) is 1. The van der Waals surface area contributed by atoms with Gasteiger partial charge in [0, 0.05) is 17.5 Å². The van der Waals surface area contributed by atoms with E-state index >= 15 is 0 Å². The number of hydrogen-bond acceptors (Lipinski definition) is 5. The van der Waals surface area contributed by atoms with Gasteiger partial charge in [-0.1, -0.05) is 29.8 Å². The van der Waals surface area contributed by atoms with Crippen LogP contribution in [0.2, 0.25) is 0 Å². The van der Waals surface area contributed by atoms with Gasteiger partial charge >= 0.3 is 5.63 Å². The number of fused-ring (bicyclic) bond motifs is 1. The maximum Gasteiger partial charge on any atom is 0.337 e. The molecule has 0 aliphatic carbocycles. The first-order valence-corrected chi connectivity index (χ1v) is 9.88. The smallest absolute Gasteiger partial charge is 0.337 e. The van der Waals surface area contributed by atoms with Crippen molar-refractivity contribution < 1.29 is 13.9 Å². The number of ether oxygens (including phenoxy) is 1. The lowest BCUT2D eigenvalue weighted by Gasteiger charge is -2.09. The van der Waals surface area contributed by atoms with Crippen molar-refractivity contribution in [3.05, 3.63) is 87.0 Å². The zero-order chi connectivity index (χ0) is 22.1. The van der Waals surface area contributed by atoms with E-state index in [0.717, 1.165) is 11.3 Å². The van der Waals surface area contributed by atoms with Crippen molar-refractivity contribution >= 4 is 22.6 Å². The zero-order valence-corrected chi connectivity index (χ0v) is 17.9. The quantitative estimate of drug-likeness (QED) is 0.491. The van der Waals surface area contributed by atoms with Gasteiger partial charge in [0.2, 0.25) is 0 Å². The van der Waals surface area contributed by atoms with Crippen molar-refractivity contribution in [2.45, 2.75) is 27.3 Å². The highest BCUT2D eigenvalue weighted by Crippen LogP contribution is 2.25. The molecule has 0 saturated heterocycles. The number of nitrogens with zero attached hydrogens (tertiary/aromatic N) is 2. The van der Waals surface area contributed by atoms with Crippen LogP contribution in [0.15, 0.2) is 57.7 Å². The molecule has 2 heterocycles. The van der Waals surface area contributed by atoms with Gasteiger partial charge in [-0.25, -0.2) is 4.79 Å². The number of methoxy groups -OCH3 is 1. The first-order valence-electron chi connectivity index (χ1n) is 9.88. The van der Waals surface area contributed by atoms with Crippen molar-refractivity contribution in [3.63, 3.8) is 0 Å². The van der Waals surface area contributed by atoms with Crippen LogP contribution in [0.25, 0.3) is 11.0 Å². The molecule has 0 saturated carbocycles. The number of aryl methyl sites for hydroxylation is 2. The normalized spacial score (nSPS) is 11.0. The molecule has 7 nitrogen and oxygen atoms in total. The molecule has 7 heteroatoms. The van der Waals surface area contributed by atoms with E-state index in [1.165, 1.54) is 18.7 Å². The minimum absolute atomic E-state index is 0.235. The van der Waals surface area contributed by atoms with Crippen molar-refractivity contribution in [3.8, 4) is 5.75 Å². The van der Waals surface area contributed by atoms with E-state index in [4.69, 9.17) is 9.15 Å². The molecule has 0 bridgehead atoms. The Morgan fingerprint density at radius 3 is 2.68 bits per heavy atom. The Hall–Kier alpha value is -3.87. The Kier molecular flexibility index (Phi) is 5.33. The lowest BCUT2D eigenvalue weighted by Crippen LogP contribution is -2.16. The Morgan fingerprint density at radius 1 is 1.13 bits per heavy atom. The van der Waals surface area contributed by atoms with Crippen LogP contribution in [0.4, 0.5) is 5.69 Å². The molecule has 0 aliphatic heterocycles. The molecule has 4 aromatic rings. The molecule has 0 fully saturated rings. The SMILES string of the molecule is COc1ccc2c(C(=O)Nc3c(C)nn(Cc4cccc(C)c4)c3C)cc(=O)oc2c1. The van der Waals surface area contributed by atoms with Crippen LogP contribution in [0, 0.1) is 20.8 Å². The number of amides is 1. The van der Waals surface area contributed by atoms with Gasteiger partial charge in [0.15, 0.2) is 0 Å². The largest absolute Gasteiger partial charge is 0.497 e. The fourth-order valence-corrected chi connectivity index (χ4v) is 3.65. The maximum absolute atomic E-state index is 13.1. The number of rotatable bonds is 5. The number of aromatic nitrogens is 2. The van der Waals surface area contributed by atoms with Crippen molar-refractivity contribution in [2.24, 2.45) is 0 Å². The summed E-state index contributed by atoms with van der Waals surface area (Å²) in [6.07, 6.45) is 0. The number of hydrogen-bond donors (Lipinski definition) is 1. The third-order valence-corrected chi connectivity index (χ3v) is 5.23. The molecule has 2 aromatic heterocycles. The molecular weight excluding hydrogens is 394 g/mol. The molecule has 0 spiro atoms. The van der Waals surface area contributed by atoms with Gasteiger partial charge in [-0.05, 0) is 38.5 Å². The summed E-state index contributed by atoms with van der Waals surface area (Å²) in [6, 6.07) is 14.4. The molecule has 4 rings (SSSR count). The predicted molar refractivity (Wildman–Crippen MR) is 119 cm³/mol. The second-order valence-electron chi connectivity index (χ2n) is 7.49. The summed E-state index contributed by atoms with van der Waals surface area (Å²) >= 11 is 0. The average Bonchev–Trinajstić information content (AvgIpc) is 2.99. The Balaban J connectivity index is 1.66. The van der Waals surface area contributed by atoms with Crippen LogP contribution in [0.3, 0.4) is 0 Å². The highest BCUT2D eigenvalue weighted by Gasteiger charge is 2.19. The summed E-state index contributed by atoms with van der Waals surface area (Å²) in [7, 11) is 1.52. The molecule has 0 radical (unpaired) electrons. The van der Waals surface area contributed by atoms with Crippen LogP contribution in [0.1, 0.15) is 32.9 Å². The van der Waals surface area contributed by atoms with E-state index in [0.29, 0.717) is 34.6 Å². The number of carbonyl (C=O) groups excluding carboxylic acids is 1. The van der Waals surface area contributed by atoms with Crippen molar-refractivity contribution in [1.82, 2.24) is 9.78 Å². The molecule has 0 atom stereocenters. The lowest BCUT2D eigenvalue weighted by molar-refractivity contribution is 0.102. The first-order chi connectivity index (χ1) is 14.9. The van der Waals surface area contributed by atoms with E-state index in [-0.39, 0.29) is 5.56 Å². The fraction of sp³-hybridized carbons (Fsp3) is 0.208. The summed E-state index contributed by atoms with van der Waals surface area (Å²) in [6.45, 7) is 6.40. The minimum atomic E-state index is -0.602. The summed E-state index contributed by atoms with van der Waals surface area (Å²) in [5.41, 5.74) is 4.40. The first kappa shape index (κ1) is 20.4. The summed E-state index contributed by atoms with van der Waals surface area (Å²) < 4.78 is 12.3. The Labute approximate surface area is 179 Å². The van der Waals surface area contributed by atoms with E-state index in [2.05, 4.69) is 16.5 Å². The molecule has 31 heavy (non-hydrogen) atoms. The molecule has 1 N–H and O–H groups in total. The van der Waals surface area contributed by atoms with Gasteiger partial charge in [0.05, 0.1) is 36.3 Å². The molecule has 0 aliphatic rings. The molecular formula is C24H23N3O4. The van der Waals surface area contributed by atoms with Gasteiger partial charge < -0.3 is 14.5 Å². The Bertz CT molecular complexity index is 1350. The topological polar surface area (TPSA) is 86.4 Å². The van der Waals surface area contributed by atoms with Gasteiger partial charge in [-0.2, -0.15) is 5.10 Å². The lowest BCUT2D eigenvalue weighted by atomic mass is 10.1. The average molecular weight is 417 g/mol. The van der Waals surface area contributed by atoms with Gasteiger partial charge in [-0.15, -0.1) is 0 Å². The number of benzene rings is 2. The predicted octanol–water partition coefficient (Wildman–Crippen LogP) is 4.22. The van der Waals surface area contributed by atoms with E-state index in [1.54, 1.807) is 18.2 Å². The second kappa shape index (κ2) is 8.10. The van der Waals surface area contributed by atoms with E-state index < -0.39 is 11.5 Å². The minimum Gasteiger partial charge on any atom is -0.497 e. The third kappa shape index (κ3) is 4.07. The van der Waals surface area contributed by atoms with Crippen LogP contribution in [-0.2, 0) is 6.54 Å². The molecule has 0 unspecified atom stereocenters. The van der Waals surface area contributed by atoms with E-state index in [1.807, 2.05) is 43.7 Å². The fourth-order valence-electron chi connectivity index (χ4n) is 3.65. The second-order valence-corrected chi connectivity index (χ2v) is 7.49. The highest BCUT2D eigenvalue weighted by molar-refractivity contribution is 6.12. The van der Waals surface area contributed by atoms with Gasteiger partial charge in [0.25, 0.3) is 5.91 Å². The maximum atomic E-state index is 13.1. The van der Waals surface area contributed by atoms with Gasteiger partial charge in [-0.3, -0.25) is 9.48 Å². The Morgan fingerprint density at radius 2 is 1.94 bits per heavy atom. The van der Waals surface area contributed by atoms with Crippen LogP contribution in [-0.4, -0.2) is 22.8 Å². The third-order valence-electron chi connectivity index (χ3n) is 5.23. The monoisotopic (exact) mass is 417 g/mol. The van der Waals surface area contributed by atoms with Crippen LogP contribution >= 0.6 is 0 Å². The van der Waals surface area contributed by atoms with Gasteiger partial charge in [0.1, 0.15) is 11.3 Å². The number of carbonyl (C=O) groups is 1. The van der Waals surface area contributed by atoms with Crippen LogP contribution in [0.5, 0.6) is 5.75 Å². The number of anilines is 1. The van der Waals surface area contributed by atoms with Crippen LogP contribution < -0.4 is 15.7 Å². The summed E-state index contributed by atoms with van der Waals surface area (Å²) in [4.78, 5) is 25.1. The summed E-state index contributed by atoms with van der Waals surface area (Å²) in [5, 5.41) is 8.04.